The average Bonchev–Trinajstić information content (AvgIpc) is 2.44. The molecule has 0 unspecified atom stereocenters. The molecule has 0 aromatic heterocycles. The van der Waals surface area contributed by atoms with Gasteiger partial charge in [-0.15, -0.1) is 0 Å². The van der Waals surface area contributed by atoms with E-state index in [9.17, 15) is 9.59 Å². The predicted octanol–water partition coefficient (Wildman–Crippen LogP) is 4.22. The number of esters is 1. The van der Waals surface area contributed by atoms with Crippen LogP contribution in [0.1, 0.15) is 34.6 Å². The van der Waals surface area contributed by atoms with Crippen LogP contribution in [0, 0.1) is 0 Å². The molecule has 0 amide bonds. The normalized spacial score (nSPS) is 9.90. The Morgan fingerprint density at radius 3 is 1.40 bits per heavy atom. The van der Waals surface area contributed by atoms with Crippen molar-refractivity contribution in [1.82, 2.24) is 0 Å². The number of carbonyl (C=O) groups excluding carboxylic acids is 2. The van der Waals surface area contributed by atoms with Gasteiger partial charge in [0, 0.05) is 5.57 Å². The Balaban J connectivity index is 0. The molecule has 0 saturated carbocycles. The van der Waals surface area contributed by atoms with Crippen LogP contribution in [0.4, 0.5) is 0 Å². The maximum atomic E-state index is 11.4. The molecule has 0 saturated heterocycles. The third-order valence-electron chi connectivity index (χ3n) is 3.12. The number of hydrogen-bond donors (Lipinski definition) is 0. The van der Waals surface area contributed by atoms with Crippen molar-refractivity contribution in [3.63, 3.8) is 0 Å². The van der Waals surface area contributed by atoms with E-state index in [0.29, 0.717) is 11.1 Å². The summed E-state index contributed by atoms with van der Waals surface area (Å²) in [4.78, 5) is 21.6. The van der Waals surface area contributed by atoms with Gasteiger partial charge in [-0.25, -0.2) is 4.79 Å². The second-order valence-electron chi connectivity index (χ2n) is 4.69. The quantitative estimate of drug-likeness (QED) is 0.417. The molecule has 5 heteroatoms. The van der Waals surface area contributed by atoms with Gasteiger partial charge in [-0.3, -0.25) is 0 Å². The summed E-state index contributed by atoms with van der Waals surface area (Å²) >= 11 is -2.27. The van der Waals surface area contributed by atoms with Crippen LogP contribution < -0.4 is 0 Å². The van der Waals surface area contributed by atoms with Crippen molar-refractivity contribution >= 4 is 11.9 Å². The van der Waals surface area contributed by atoms with E-state index in [1.54, 1.807) is 13.8 Å². The van der Waals surface area contributed by atoms with Gasteiger partial charge in [0.1, 0.15) is 0 Å². The van der Waals surface area contributed by atoms with E-state index < -0.39 is 17.0 Å². The van der Waals surface area contributed by atoms with E-state index in [1.165, 1.54) is 7.11 Å². The maximum absolute atomic E-state index is 11.4. The number of carbonyl (C=O) groups is 2. The third-order valence-corrected chi connectivity index (χ3v) is 10.1. The van der Waals surface area contributed by atoms with Crippen molar-refractivity contribution in [1.29, 1.82) is 0 Å². The van der Waals surface area contributed by atoms with Crippen LogP contribution in [0.3, 0.4) is 0 Å². The standard InChI is InChI=1S/C5H8O2.C4H6O2.3C2H5.Ti/c1-4(2)5(6)7-3;1-3(2)4(5)6;3*1-2;/h1H2,2-3H3;1H2,2H3,(H,5,6);3*1H2,2H3;/q;;;;;+1/p-1. The van der Waals surface area contributed by atoms with Gasteiger partial charge >= 0.3 is 91.1 Å². The van der Waals surface area contributed by atoms with Gasteiger partial charge in [0.15, 0.2) is 0 Å². The minimum atomic E-state index is -2.27. The first-order valence-electron chi connectivity index (χ1n) is 6.82. The molecule has 0 spiro atoms. The van der Waals surface area contributed by atoms with Gasteiger partial charge in [-0.1, -0.05) is 6.58 Å². The molecule has 0 aromatic rings. The molecular weight excluding hydrogens is 292 g/mol. The Hall–Kier alpha value is -0.866. The zero-order valence-electron chi connectivity index (χ0n) is 13.7. The van der Waals surface area contributed by atoms with Gasteiger partial charge in [0.2, 0.25) is 0 Å². The van der Waals surface area contributed by atoms with Crippen LogP contribution in [0.15, 0.2) is 24.3 Å². The summed E-state index contributed by atoms with van der Waals surface area (Å²) in [7, 11) is 1.33. The SMILES string of the molecule is C=C(C)C(=O)OC.C=C(C)C(=O)[O][Ti]([CH2]C)([CH2]C)[CH2]C. The van der Waals surface area contributed by atoms with Gasteiger partial charge in [0.05, 0.1) is 7.11 Å². The molecule has 0 heterocycles. The van der Waals surface area contributed by atoms with Crippen LogP contribution in [0.25, 0.3) is 0 Å². The van der Waals surface area contributed by atoms with Gasteiger partial charge in [0.25, 0.3) is 0 Å². The molecule has 116 valence electrons. The topological polar surface area (TPSA) is 52.6 Å². The zero-order valence-corrected chi connectivity index (χ0v) is 15.2. The van der Waals surface area contributed by atoms with E-state index in [4.69, 9.17) is 3.32 Å². The fourth-order valence-electron chi connectivity index (χ4n) is 1.42. The molecule has 0 N–H and O–H groups in total. The minimum absolute atomic E-state index is 0.189. The number of rotatable bonds is 6. The molecule has 20 heavy (non-hydrogen) atoms. The summed E-state index contributed by atoms with van der Waals surface area (Å²) in [5, 5.41) is 0. The summed E-state index contributed by atoms with van der Waals surface area (Å²) in [6.07, 6.45) is 0. The Morgan fingerprint density at radius 2 is 1.25 bits per heavy atom. The number of hydrogen-bond acceptors (Lipinski definition) is 4. The molecule has 0 rings (SSSR count). The molecule has 4 nitrogen and oxygen atoms in total. The van der Waals surface area contributed by atoms with Gasteiger partial charge in [-0.05, 0) is 6.92 Å². The first kappa shape index (κ1) is 21.4. The van der Waals surface area contributed by atoms with E-state index >= 15 is 0 Å². The van der Waals surface area contributed by atoms with Crippen LogP contribution >= 0.6 is 0 Å². The van der Waals surface area contributed by atoms with E-state index in [2.05, 4.69) is 38.7 Å². The summed E-state index contributed by atoms with van der Waals surface area (Å²) in [6, 6.07) is 0. The van der Waals surface area contributed by atoms with Crippen molar-refractivity contribution in [3.05, 3.63) is 24.3 Å². The van der Waals surface area contributed by atoms with Crippen molar-refractivity contribution in [2.75, 3.05) is 7.11 Å². The number of ether oxygens (including phenoxy) is 1. The number of methoxy groups -OCH3 is 1. The van der Waals surface area contributed by atoms with Crippen LogP contribution in [-0.2, 0) is 34.6 Å². The molecule has 0 aromatic carbocycles. The van der Waals surface area contributed by atoms with Crippen LogP contribution in [-0.4, -0.2) is 19.0 Å². The first-order chi connectivity index (χ1) is 9.19. The molecule has 0 aliphatic rings. The van der Waals surface area contributed by atoms with Crippen molar-refractivity contribution in [2.45, 2.75) is 48.8 Å². The van der Waals surface area contributed by atoms with E-state index in [-0.39, 0.29) is 11.9 Å². The van der Waals surface area contributed by atoms with E-state index in [1.807, 2.05) is 0 Å². The average molecular weight is 320 g/mol. The predicted molar refractivity (Wildman–Crippen MR) is 79.2 cm³/mol. The zero-order chi connectivity index (χ0) is 16.3. The summed E-state index contributed by atoms with van der Waals surface area (Å²) in [6.45, 7) is 16.6. The third kappa shape index (κ3) is 8.33. The molecule has 0 fully saturated rings. The molecular formula is C15H28O4Ti. The Bertz CT molecular complexity index is 349. The van der Waals surface area contributed by atoms with Gasteiger partial charge < -0.3 is 4.74 Å². The molecule has 0 atom stereocenters. The molecule has 0 aliphatic heterocycles. The van der Waals surface area contributed by atoms with Crippen molar-refractivity contribution in [3.8, 4) is 0 Å². The molecule has 0 bridgehead atoms. The van der Waals surface area contributed by atoms with E-state index in [0.717, 1.165) is 14.2 Å². The first-order valence-corrected chi connectivity index (χ1v) is 10.8. The summed E-state index contributed by atoms with van der Waals surface area (Å²) in [5.74, 6) is -0.537. The van der Waals surface area contributed by atoms with Crippen LogP contribution in [0.2, 0.25) is 14.2 Å². The Kier molecular flexibility index (Phi) is 11.6. The van der Waals surface area contributed by atoms with Gasteiger partial charge in [-0.2, -0.15) is 0 Å². The summed E-state index contributed by atoms with van der Waals surface area (Å²) in [5.41, 5.74) is 0.952. The molecule has 0 radical (unpaired) electrons. The van der Waals surface area contributed by atoms with Crippen molar-refractivity contribution < 1.29 is 34.6 Å². The fourth-order valence-corrected chi connectivity index (χ4v) is 5.33. The summed E-state index contributed by atoms with van der Waals surface area (Å²) < 4.78 is 13.0. The Labute approximate surface area is 127 Å². The van der Waals surface area contributed by atoms with Crippen molar-refractivity contribution in [2.24, 2.45) is 0 Å². The second-order valence-corrected chi connectivity index (χ2v) is 12.0. The Morgan fingerprint density at radius 1 is 0.900 bits per heavy atom. The van der Waals surface area contributed by atoms with Crippen LogP contribution in [0.5, 0.6) is 0 Å². The monoisotopic (exact) mass is 320 g/mol. The molecule has 0 aliphatic carbocycles. The second kappa shape index (κ2) is 10.9. The fraction of sp³-hybridized carbons (Fsp3) is 0.600.